The van der Waals surface area contributed by atoms with Crippen molar-refractivity contribution in [3.8, 4) is 5.75 Å². The van der Waals surface area contributed by atoms with E-state index in [1.807, 2.05) is 18.2 Å². The number of imide groups is 1. The van der Waals surface area contributed by atoms with Crippen LogP contribution < -0.4 is 4.74 Å². The number of rotatable bonds is 6. The van der Waals surface area contributed by atoms with Crippen molar-refractivity contribution in [2.24, 2.45) is 0 Å². The zero-order chi connectivity index (χ0) is 19.7. The van der Waals surface area contributed by atoms with Crippen molar-refractivity contribution in [2.45, 2.75) is 18.9 Å². The SMILES string of the molecule is COc1ccc2nc(CCN(C)C(=O)CC3C(=O)N(C)C(=O)N3C)[nH]c2c1. The summed E-state index contributed by atoms with van der Waals surface area (Å²) in [5, 5.41) is 0. The Morgan fingerprint density at radius 2 is 2.07 bits per heavy atom. The molecule has 27 heavy (non-hydrogen) atoms. The van der Waals surface area contributed by atoms with Crippen LogP contribution in [0.1, 0.15) is 12.2 Å². The number of hydrogen-bond donors (Lipinski definition) is 1. The third-order valence-corrected chi connectivity index (χ3v) is 4.89. The van der Waals surface area contributed by atoms with Crippen LogP contribution in [0.3, 0.4) is 0 Å². The van der Waals surface area contributed by atoms with Crippen LogP contribution in [-0.2, 0) is 16.0 Å². The van der Waals surface area contributed by atoms with Crippen LogP contribution in [0.2, 0.25) is 0 Å². The number of urea groups is 1. The number of amides is 4. The van der Waals surface area contributed by atoms with Gasteiger partial charge in [0.1, 0.15) is 17.6 Å². The molecule has 2 heterocycles. The molecule has 1 fully saturated rings. The molecule has 1 aliphatic rings. The molecule has 9 heteroatoms. The van der Waals surface area contributed by atoms with Gasteiger partial charge in [-0.15, -0.1) is 0 Å². The first kappa shape index (κ1) is 18.7. The van der Waals surface area contributed by atoms with Crippen LogP contribution in [0.25, 0.3) is 11.0 Å². The van der Waals surface area contributed by atoms with E-state index in [2.05, 4.69) is 9.97 Å². The molecule has 1 aliphatic heterocycles. The maximum absolute atomic E-state index is 12.5. The molecule has 0 spiro atoms. The van der Waals surface area contributed by atoms with E-state index < -0.39 is 12.1 Å². The second kappa shape index (κ2) is 7.26. The highest BCUT2D eigenvalue weighted by atomic mass is 16.5. The van der Waals surface area contributed by atoms with Gasteiger partial charge in [-0.1, -0.05) is 0 Å². The summed E-state index contributed by atoms with van der Waals surface area (Å²) in [5.74, 6) is 0.966. The molecular weight excluding hydrogens is 350 g/mol. The lowest BCUT2D eigenvalue weighted by molar-refractivity contribution is -0.135. The number of fused-ring (bicyclic) bond motifs is 1. The number of methoxy groups -OCH3 is 1. The van der Waals surface area contributed by atoms with Gasteiger partial charge in [-0.3, -0.25) is 14.5 Å². The van der Waals surface area contributed by atoms with Crippen molar-refractivity contribution in [2.75, 3.05) is 34.8 Å². The number of carbonyl (C=O) groups is 3. The van der Waals surface area contributed by atoms with Crippen LogP contribution in [0.5, 0.6) is 5.75 Å². The molecule has 0 aliphatic carbocycles. The number of ether oxygens (including phenoxy) is 1. The molecule has 2 aromatic rings. The highest BCUT2D eigenvalue weighted by Crippen LogP contribution is 2.19. The van der Waals surface area contributed by atoms with Crippen LogP contribution in [0.4, 0.5) is 4.79 Å². The van der Waals surface area contributed by atoms with Crippen molar-refractivity contribution in [3.05, 3.63) is 24.0 Å². The topological polar surface area (TPSA) is 98.8 Å². The van der Waals surface area contributed by atoms with Gasteiger partial charge in [0.15, 0.2) is 0 Å². The Morgan fingerprint density at radius 1 is 1.33 bits per heavy atom. The van der Waals surface area contributed by atoms with Crippen LogP contribution >= 0.6 is 0 Å². The number of H-pyrrole nitrogens is 1. The maximum Gasteiger partial charge on any atom is 0.326 e. The lowest BCUT2D eigenvalue weighted by Crippen LogP contribution is -2.38. The van der Waals surface area contributed by atoms with Crippen LogP contribution in [-0.4, -0.2) is 83.4 Å². The number of hydrogen-bond acceptors (Lipinski definition) is 5. The van der Waals surface area contributed by atoms with E-state index in [9.17, 15) is 14.4 Å². The van der Waals surface area contributed by atoms with Gasteiger partial charge >= 0.3 is 6.03 Å². The van der Waals surface area contributed by atoms with Gasteiger partial charge in [-0.05, 0) is 12.1 Å². The average molecular weight is 373 g/mol. The molecule has 1 aromatic heterocycles. The summed E-state index contributed by atoms with van der Waals surface area (Å²) in [6, 6.07) is 4.46. The number of aromatic amines is 1. The highest BCUT2D eigenvalue weighted by molar-refractivity contribution is 6.05. The largest absolute Gasteiger partial charge is 0.497 e. The van der Waals surface area contributed by atoms with E-state index in [0.29, 0.717) is 13.0 Å². The standard InChI is InChI=1S/C18H23N5O4/c1-21(16(24)10-14-17(25)23(3)18(26)22(14)2)8-7-15-19-12-6-5-11(27-4)9-13(12)20-15/h5-6,9,14H,7-8,10H2,1-4H3,(H,19,20). The molecule has 4 amide bonds. The predicted octanol–water partition coefficient (Wildman–Crippen LogP) is 0.855. The number of nitrogens with one attached hydrogen (secondary N) is 1. The third-order valence-electron chi connectivity index (χ3n) is 4.89. The molecule has 1 N–H and O–H groups in total. The van der Waals surface area contributed by atoms with Crippen LogP contribution in [0, 0.1) is 0 Å². The second-order valence-corrected chi connectivity index (χ2v) is 6.64. The molecule has 3 rings (SSSR count). The minimum Gasteiger partial charge on any atom is -0.497 e. The molecule has 1 unspecified atom stereocenters. The summed E-state index contributed by atoms with van der Waals surface area (Å²) in [6.45, 7) is 0.449. The molecule has 1 atom stereocenters. The molecular formula is C18H23N5O4. The Bertz CT molecular complexity index is 893. The number of aromatic nitrogens is 2. The first-order valence-electron chi connectivity index (χ1n) is 8.62. The fraction of sp³-hybridized carbons (Fsp3) is 0.444. The van der Waals surface area contributed by atoms with E-state index in [-0.39, 0.29) is 18.2 Å². The Kier molecular flexibility index (Phi) is 5.02. The van der Waals surface area contributed by atoms with Crippen LogP contribution in [0.15, 0.2) is 18.2 Å². The zero-order valence-corrected chi connectivity index (χ0v) is 15.9. The first-order chi connectivity index (χ1) is 12.8. The Morgan fingerprint density at radius 3 is 2.70 bits per heavy atom. The Hall–Kier alpha value is -3.10. The quantitative estimate of drug-likeness (QED) is 0.757. The summed E-state index contributed by atoms with van der Waals surface area (Å²) >= 11 is 0. The maximum atomic E-state index is 12.5. The van der Waals surface area contributed by atoms with Crippen molar-refractivity contribution < 1.29 is 19.1 Å². The van der Waals surface area contributed by atoms with Crippen molar-refractivity contribution in [1.29, 1.82) is 0 Å². The zero-order valence-electron chi connectivity index (χ0n) is 15.9. The van der Waals surface area contributed by atoms with E-state index in [4.69, 9.17) is 4.74 Å². The molecule has 9 nitrogen and oxygen atoms in total. The monoisotopic (exact) mass is 373 g/mol. The van der Waals surface area contributed by atoms with E-state index >= 15 is 0 Å². The van der Waals surface area contributed by atoms with Gasteiger partial charge in [0, 0.05) is 40.2 Å². The van der Waals surface area contributed by atoms with Crippen molar-refractivity contribution in [1.82, 2.24) is 24.7 Å². The third kappa shape index (κ3) is 3.57. The number of imidazole rings is 1. The number of likely N-dealkylation sites (N-methyl/N-ethyl adjacent to an activating group) is 3. The molecule has 0 saturated carbocycles. The molecule has 0 radical (unpaired) electrons. The first-order valence-corrected chi connectivity index (χ1v) is 8.62. The smallest absolute Gasteiger partial charge is 0.326 e. The minimum atomic E-state index is -0.740. The van der Waals surface area contributed by atoms with Gasteiger partial charge in [0.25, 0.3) is 5.91 Å². The Balaban J connectivity index is 1.59. The lowest BCUT2D eigenvalue weighted by atomic mass is 10.1. The molecule has 0 bridgehead atoms. The average Bonchev–Trinajstić information content (AvgIpc) is 3.15. The molecule has 144 valence electrons. The summed E-state index contributed by atoms with van der Waals surface area (Å²) in [7, 11) is 6.24. The molecule has 1 saturated heterocycles. The van der Waals surface area contributed by atoms with Gasteiger partial charge < -0.3 is 19.5 Å². The highest BCUT2D eigenvalue weighted by Gasteiger charge is 2.42. The fourth-order valence-corrected chi connectivity index (χ4v) is 3.08. The Labute approximate surface area is 156 Å². The summed E-state index contributed by atoms with van der Waals surface area (Å²) < 4.78 is 5.20. The summed E-state index contributed by atoms with van der Waals surface area (Å²) in [4.78, 5) is 48.0. The number of benzene rings is 1. The van der Waals surface area contributed by atoms with Gasteiger partial charge in [0.05, 0.1) is 24.6 Å². The number of carbonyl (C=O) groups excluding carboxylic acids is 3. The summed E-state index contributed by atoms with van der Waals surface area (Å²) in [5.41, 5.74) is 1.71. The normalized spacial score (nSPS) is 17.1. The second-order valence-electron chi connectivity index (χ2n) is 6.64. The van der Waals surface area contributed by atoms with Gasteiger partial charge in [0.2, 0.25) is 5.91 Å². The minimum absolute atomic E-state index is 0.0285. The van der Waals surface area contributed by atoms with E-state index in [1.165, 1.54) is 19.0 Å². The lowest BCUT2D eigenvalue weighted by Gasteiger charge is -2.20. The van der Waals surface area contributed by atoms with Crippen molar-refractivity contribution >= 4 is 28.9 Å². The molecule has 1 aromatic carbocycles. The van der Waals surface area contributed by atoms with Gasteiger partial charge in [-0.2, -0.15) is 0 Å². The van der Waals surface area contributed by atoms with Gasteiger partial charge in [-0.25, -0.2) is 9.78 Å². The summed E-state index contributed by atoms with van der Waals surface area (Å²) in [6.07, 6.45) is 0.520. The van der Waals surface area contributed by atoms with Crippen molar-refractivity contribution in [3.63, 3.8) is 0 Å². The fourth-order valence-electron chi connectivity index (χ4n) is 3.08. The van der Waals surface area contributed by atoms with E-state index in [1.54, 1.807) is 19.1 Å². The predicted molar refractivity (Wildman–Crippen MR) is 98.3 cm³/mol. The van der Waals surface area contributed by atoms with E-state index in [0.717, 1.165) is 27.5 Å². The number of nitrogens with zero attached hydrogens (tertiary/aromatic N) is 4.